The van der Waals surface area contributed by atoms with E-state index in [-0.39, 0.29) is 0 Å². The van der Waals surface area contributed by atoms with Gasteiger partial charge in [-0.15, -0.1) is 6.58 Å². The van der Waals surface area contributed by atoms with Crippen molar-refractivity contribution in [1.82, 2.24) is 9.97 Å². The summed E-state index contributed by atoms with van der Waals surface area (Å²) in [6, 6.07) is 8.33. The molecule has 4 heteroatoms. The van der Waals surface area contributed by atoms with Crippen molar-refractivity contribution in [3.63, 3.8) is 0 Å². The van der Waals surface area contributed by atoms with Crippen LogP contribution in [0.25, 0.3) is 6.08 Å². The molecule has 2 aromatic rings. The number of H-pyrrole nitrogens is 2. The summed E-state index contributed by atoms with van der Waals surface area (Å²) in [6.45, 7) is 6.41. The van der Waals surface area contributed by atoms with Gasteiger partial charge in [0, 0.05) is 23.7 Å². The first-order chi connectivity index (χ1) is 14.8. The monoisotopic (exact) mass is 405 g/mol. The third-order valence-electron chi connectivity index (χ3n) is 5.35. The molecular formula is C26H35N3O. The van der Waals surface area contributed by atoms with Gasteiger partial charge in [-0.3, -0.25) is 0 Å². The Labute approximate surface area is 180 Å². The predicted molar refractivity (Wildman–Crippen MR) is 127 cm³/mol. The molecule has 0 saturated carbocycles. The Balaban J connectivity index is 1.47. The molecule has 3 heterocycles. The van der Waals surface area contributed by atoms with Crippen LogP contribution in [-0.4, -0.2) is 22.3 Å². The molecule has 4 nitrogen and oxygen atoms in total. The molecule has 0 amide bonds. The SMILES string of the molecule is C=CCCCCCCCCCc1ccc(C=C2N=C(c3ccc[nH]3)C=C2OCC)[nH]1. The third-order valence-corrected chi connectivity index (χ3v) is 5.35. The first kappa shape index (κ1) is 21.9. The van der Waals surface area contributed by atoms with Crippen LogP contribution >= 0.6 is 0 Å². The van der Waals surface area contributed by atoms with Crippen LogP contribution < -0.4 is 0 Å². The maximum atomic E-state index is 5.80. The molecule has 160 valence electrons. The predicted octanol–water partition coefficient (Wildman–Crippen LogP) is 6.96. The highest BCUT2D eigenvalue weighted by Gasteiger charge is 2.17. The maximum absolute atomic E-state index is 5.80. The van der Waals surface area contributed by atoms with Gasteiger partial charge in [0.05, 0.1) is 18.0 Å². The van der Waals surface area contributed by atoms with Gasteiger partial charge in [0.2, 0.25) is 0 Å². The van der Waals surface area contributed by atoms with E-state index >= 15 is 0 Å². The van der Waals surface area contributed by atoms with E-state index in [9.17, 15) is 0 Å². The van der Waals surface area contributed by atoms with Crippen molar-refractivity contribution >= 4 is 11.8 Å². The van der Waals surface area contributed by atoms with E-state index < -0.39 is 0 Å². The lowest BCUT2D eigenvalue weighted by Gasteiger charge is -2.04. The Morgan fingerprint density at radius 1 is 1.03 bits per heavy atom. The van der Waals surface area contributed by atoms with Gasteiger partial charge in [-0.2, -0.15) is 0 Å². The largest absolute Gasteiger partial charge is 0.492 e. The lowest BCUT2D eigenvalue weighted by molar-refractivity contribution is 0.239. The summed E-state index contributed by atoms with van der Waals surface area (Å²) < 4.78 is 5.80. The normalized spacial score (nSPS) is 14.8. The minimum absolute atomic E-state index is 0.626. The average Bonchev–Trinajstić information content (AvgIpc) is 3.49. The molecular weight excluding hydrogens is 370 g/mol. The summed E-state index contributed by atoms with van der Waals surface area (Å²) >= 11 is 0. The van der Waals surface area contributed by atoms with Crippen LogP contribution in [0.15, 0.2) is 65.6 Å². The van der Waals surface area contributed by atoms with E-state index in [1.54, 1.807) is 0 Å². The molecule has 0 saturated heterocycles. The van der Waals surface area contributed by atoms with Crippen molar-refractivity contribution in [2.24, 2.45) is 4.99 Å². The highest BCUT2D eigenvalue weighted by atomic mass is 16.5. The van der Waals surface area contributed by atoms with Crippen molar-refractivity contribution < 1.29 is 4.74 Å². The first-order valence-corrected chi connectivity index (χ1v) is 11.4. The number of nitrogens with zero attached hydrogens (tertiary/aromatic N) is 1. The Hall–Kier alpha value is -2.75. The van der Waals surface area contributed by atoms with Crippen LogP contribution in [0.1, 0.15) is 75.4 Å². The lowest BCUT2D eigenvalue weighted by atomic mass is 10.1. The number of rotatable bonds is 14. The molecule has 0 atom stereocenters. The van der Waals surface area contributed by atoms with Crippen LogP contribution in [0.4, 0.5) is 0 Å². The maximum Gasteiger partial charge on any atom is 0.147 e. The van der Waals surface area contributed by atoms with Gasteiger partial charge in [-0.25, -0.2) is 4.99 Å². The number of hydrogen-bond acceptors (Lipinski definition) is 2. The fourth-order valence-electron chi connectivity index (χ4n) is 3.74. The van der Waals surface area contributed by atoms with Crippen LogP contribution in [0.3, 0.4) is 0 Å². The summed E-state index contributed by atoms with van der Waals surface area (Å²) in [5.74, 6) is 0.825. The van der Waals surface area contributed by atoms with Gasteiger partial charge in [0.25, 0.3) is 0 Å². The van der Waals surface area contributed by atoms with Crippen molar-refractivity contribution in [3.05, 3.63) is 77.7 Å². The number of aromatic nitrogens is 2. The lowest BCUT2D eigenvalue weighted by Crippen LogP contribution is -1.94. The molecule has 0 unspecified atom stereocenters. The summed E-state index contributed by atoms with van der Waals surface area (Å²) in [6.07, 6.45) is 19.5. The van der Waals surface area contributed by atoms with Gasteiger partial charge in [0.15, 0.2) is 0 Å². The second-order valence-corrected chi connectivity index (χ2v) is 7.79. The number of aliphatic imine (C=N–C) groups is 1. The molecule has 30 heavy (non-hydrogen) atoms. The van der Waals surface area contributed by atoms with E-state index in [2.05, 4.69) is 34.8 Å². The van der Waals surface area contributed by atoms with Gasteiger partial charge in [-0.05, 0) is 62.9 Å². The standard InChI is InChI=1S/C26H35N3O/c1-3-5-6-7-8-9-10-11-12-14-21-16-17-22(28-21)19-25-26(30-4-2)20-24(29-25)23-15-13-18-27-23/h3,13,15-20,27-28H,1,4-12,14H2,2H3. The van der Waals surface area contributed by atoms with Crippen molar-refractivity contribution in [2.45, 2.75) is 64.7 Å². The number of aromatic amines is 2. The first-order valence-electron chi connectivity index (χ1n) is 11.4. The van der Waals surface area contributed by atoms with Crippen molar-refractivity contribution in [2.75, 3.05) is 6.61 Å². The van der Waals surface area contributed by atoms with Crippen LogP contribution in [0.2, 0.25) is 0 Å². The molecule has 0 aliphatic carbocycles. The molecule has 0 bridgehead atoms. The molecule has 1 aliphatic heterocycles. The molecule has 1 aliphatic rings. The van der Waals surface area contributed by atoms with E-state index in [0.717, 1.165) is 41.4 Å². The van der Waals surface area contributed by atoms with Crippen molar-refractivity contribution in [3.8, 4) is 0 Å². The average molecular weight is 406 g/mol. The molecule has 2 aromatic heterocycles. The number of nitrogens with one attached hydrogen (secondary N) is 2. The number of aryl methyl sites for hydroxylation is 1. The quantitative estimate of drug-likeness (QED) is 0.259. The van der Waals surface area contributed by atoms with Gasteiger partial charge in [0.1, 0.15) is 11.5 Å². The molecule has 0 spiro atoms. The zero-order valence-corrected chi connectivity index (χ0v) is 18.3. The van der Waals surface area contributed by atoms with Crippen molar-refractivity contribution in [1.29, 1.82) is 0 Å². The number of unbranched alkanes of at least 4 members (excludes halogenated alkanes) is 7. The second kappa shape index (κ2) is 12.1. The highest BCUT2D eigenvalue weighted by Crippen LogP contribution is 2.25. The highest BCUT2D eigenvalue weighted by molar-refractivity contribution is 6.11. The summed E-state index contributed by atoms with van der Waals surface area (Å²) in [5, 5.41) is 0. The fraction of sp³-hybridized carbons (Fsp3) is 0.423. The van der Waals surface area contributed by atoms with Gasteiger partial charge >= 0.3 is 0 Å². The summed E-state index contributed by atoms with van der Waals surface area (Å²) in [4.78, 5) is 11.5. The number of allylic oxidation sites excluding steroid dienone is 2. The second-order valence-electron chi connectivity index (χ2n) is 7.79. The third kappa shape index (κ3) is 6.65. The zero-order chi connectivity index (χ0) is 21.0. The Morgan fingerprint density at radius 2 is 1.83 bits per heavy atom. The minimum Gasteiger partial charge on any atom is -0.492 e. The van der Waals surface area contributed by atoms with Crippen LogP contribution in [-0.2, 0) is 11.2 Å². The molecule has 0 aromatic carbocycles. The van der Waals surface area contributed by atoms with E-state index in [4.69, 9.17) is 9.73 Å². The van der Waals surface area contributed by atoms with Gasteiger partial charge in [-0.1, -0.05) is 38.2 Å². The van der Waals surface area contributed by atoms with E-state index in [0.29, 0.717) is 6.61 Å². The Bertz CT molecular complexity index is 868. The van der Waals surface area contributed by atoms with Crippen LogP contribution in [0, 0.1) is 0 Å². The Morgan fingerprint density at radius 3 is 2.57 bits per heavy atom. The smallest absolute Gasteiger partial charge is 0.147 e. The number of ether oxygens (including phenoxy) is 1. The molecule has 2 N–H and O–H groups in total. The molecule has 0 radical (unpaired) electrons. The zero-order valence-electron chi connectivity index (χ0n) is 18.3. The minimum atomic E-state index is 0.626. The topological polar surface area (TPSA) is 53.2 Å². The van der Waals surface area contributed by atoms with Crippen LogP contribution in [0.5, 0.6) is 0 Å². The van der Waals surface area contributed by atoms with E-state index in [1.165, 1.54) is 50.6 Å². The van der Waals surface area contributed by atoms with Gasteiger partial charge < -0.3 is 14.7 Å². The summed E-state index contributed by atoms with van der Waals surface area (Å²) in [7, 11) is 0. The molecule has 0 fully saturated rings. The number of hydrogen-bond donors (Lipinski definition) is 2. The molecule has 3 rings (SSSR count). The Kier molecular flexibility index (Phi) is 8.82. The van der Waals surface area contributed by atoms with E-state index in [1.807, 2.05) is 37.4 Å². The summed E-state index contributed by atoms with van der Waals surface area (Å²) in [5.41, 5.74) is 5.14. The fourth-order valence-corrected chi connectivity index (χ4v) is 3.74.